The van der Waals surface area contributed by atoms with Crippen LogP contribution in [0, 0.1) is 0 Å². The maximum atomic E-state index is 10.9. The van der Waals surface area contributed by atoms with Crippen molar-refractivity contribution in [2.75, 3.05) is 31.1 Å². The molecule has 0 spiro atoms. The van der Waals surface area contributed by atoms with E-state index in [-0.39, 0.29) is 0 Å². The molecule has 1 amide bonds. The standard InChI is InChI=1S/C14H14BrN3O2/c15-10-1-2-12-11(9-10)13(3-4-16-12)17-5-7-18(8-6-17)14(19)20/h1-4,9H,5-8H2,(H,19,20). The first-order valence-corrected chi connectivity index (χ1v) is 7.21. The summed E-state index contributed by atoms with van der Waals surface area (Å²) in [4.78, 5) is 19.0. The lowest BCUT2D eigenvalue weighted by molar-refractivity contribution is 0.142. The van der Waals surface area contributed by atoms with Crippen molar-refractivity contribution >= 4 is 38.6 Å². The summed E-state index contributed by atoms with van der Waals surface area (Å²) in [6.07, 6.45) is 0.960. The Morgan fingerprint density at radius 3 is 2.65 bits per heavy atom. The molecule has 1 saturated heterocycles. The fourth-order valence-corrected chi connectivity index (χ4v) is 2.88. The van der Waals surface area contributed by atoms with E-state index in [0.717, 1.165) is 21.1 Å². The van der Waals surface area contributed by atoms with Gasteiger partial charge in [0, 0.05) is 47.9 Å². The minimum atomic E-state index is -0.841. The van der Waals surface area contributed by atoms with Gasteiger partial charge in [0.25, 0.3) is 0 Å². The number of anilines is 1. The molecular weight excluding hydrogens is 322 g/mol. The van der Waals surface area contributed by atoms with Crippen LogP contribution in [0.2, 0.25) is 0 Å². The molecule has 0 radical (unpaired) electrons. The van der Waals surface area contributed by atoms with E-state index in [9.17, 15) is 4.79 Å². The lowest BCUT2D eigenvalue weighted by Gasteiger charge is -2.35. The number of benzene rings is 1. The van der Waals surface area contributed by atoms with Crippen molar-refractivity contribution in [2.24, 2.45) is 0 Å². The SMILES string of the molecule is O=C(O)N1CCN(c2ccnc3ccc(Br)cc23)CC1. The molecule has 1 fully saturated rings. The number of hydrogen-bond donors (Lipinski definition) is 1. The molecule has 2 heterocycles. The summed E-state index contributed by atoms with van der Waals surface area (Å²) < 4.78 is 1.02. The molecule has 0 atom stereocenters. The highest BCUT2D eigenvalue weighted by atomic mass is 79.9. The van der Waals surface area contributed by atoms with Gasteiger partial charge in [0.05, 0.1) is 5.52 Å². The number of piperazine rings is 1. The van der Waals surface area contributed by atoms with Crippen LogP contribution in [0.4, 0.5) is 10.5 Å². The minimum Gasteiger partial charge on any atom is -0.465 e. The highest BCUT2D eigenvalue weighted by Crippen LogP contribution is 2.28. The van der Waals surface area contributed by atoms with Crippen molar-refractivity contribution in [1.82, 2.24) is 9.88 Å². The molecule has 0 saturated carbocycles. The third-order valence-corrected chi connectivity index (χ3v) is 4.06. The molecule has 6 heteroatoms. The lowest BCUT2D eigenvalue weighted by atomic mass is 10.1. The summed E-state index contributed by atoms with van der Waals surface area (Å²) in [5, 5.41) is 10.1. The second kappa shape index (κ2) is 5.28. The first-order chi connectivity index (χ1) is 9.65. The van der Waals surface area contributed by atoms with Gasteiger partial charge in [0.1, 0.15) is 0 Å². The molecule has 1 aliphatic rings. The van der Waals surface area contributed by atoms with Gasteiger partial charge < -0.3 is 14.9 Å². The number of fused-ring (bicyclic) bond motifs is 1. The number of nitrogens with zero attached hydrogens (tertiary/aromatic N) is 3. The molecule has 1 N–H and O–H groups in total. The quantitative estimate of drug-likeness (QED) is 0.870. The first kappa shape index (κ1) is 13.2. The van der Waals surface area contributed by atoms with E-state index in [1.165, 1.54) is 4.90 Å². The van der Waals surface area contributed by atoms with Crippen LogP contribution in [0.1, 0.15) is 0 Å². The van der Waals surface area contributed by atoms with Crippen molar-refractivity contribution in [3.63, 3.8) is 0 Å². The number of aromatic nitrogens is 1. The Morgan fingerprint density at radius 1 is 1.20 bits per heavy atom. The second-order valence-electron chi connectivity index (χ2n) is 4.75. The zero-order valence-corrected chi connectivity index (χ0v) is 12.4. The number of rotatable bonds is 1. The van der Waals surface area contributed by atoms with E-state index < -0.39 is 6.09 Å². The van der Waals surface area contributed by atoms with Crippen molar-refractivity contribution in [3.05, 3.63) is 34.9 Å². The van der Waals surface area contributed by atoms with E-state index in [2.05, 4.69) is 31.9 Å². The van der Waals surface area contributed by atoms with Crippen molar-refractivity contribution in [1.29, 1.82) is 0 Å². The molecule has 2 aromatic rings. The normalized spacial score (nSPS) is 15.7. The van der Waals surface area contributed by atoms with Crippen molar-refractivity contribution in [2.45, 2.75) is 0 Å². The Kier molecular flexibility index (Phi) is 3.48. The van der Waals surface area contributed by atoms with Gasteiger partial charge in [0.2, 0.25) is 0 Å². The molecule has 0 aliphatic carbocycles. The Balaban J connectivity index is 1.91. The maximum absolute atomic E-state index is 10.9. The van der Waals surface area contributed by atoms with Crippen molar-refractivity contribution in [3.8, 4) is 0 Å². The summed E-state index contributed by atoms with van der Waals surface area (Å²) in [5.41, 5.74) is 2.06. The largest absolute Gasteiger partial charge is 0.465 e. The van der Waals surface area contributed by atoms with Gasteiger partial charge in [-0.1, -0.05) is 15.9 Å². The number of carbonyl (C=O) groups is 1. The van der Waals surface area contributed by atoms with Gasteiger partial charge in [0.15, 0.2) is 0 Å². The molecule has 1 aliphatic heterocycles. The fraction of sp³-hybridized carbons (Fsp3) is 0.286. The zero-order valence-electron chi connectivity index (χ0n) is 10.8. The Morgan fingerprint density at radius 2 is 1.95 bits per heavy atom. The first-order valence-electron chi connectivity index (χ1n) is 6.42. The summed E-state index contributed by atoms with van der Waals surface area (Å²) in [6, 6.07) is 8.00. The molecule has 3 rings (SSSR count). The second-order valence-corrected chi connectivity index (χ2v) is 5.66. The van der Waals surface area contributed by atoms with Crippen LogP contribution >= 0.6 is 15.9 Å². The average Bonchev–Trinajstić information content (AvgIpc) is 2.46. The monoisotopic (exact) mass is 335 g/mol. The van der Waals surface area contributed by atoms with E-state index in [1.807, 2.05) is 18.2 Å². The number of hydrogen-bond acceptors (Lipinski definition) is 3. The Labute approximate surface area is 124 Å². The van der Waals surface area contributed by atoms with Gasteiger partial charge >= 0.3 is 6.09 Å². The Hall–Kier alpha value is -1.82. The number of carboxylic acid groups (broad SMARTS) is 1. The maximum Gasteiger partial charge on any atom is 0.407 e. The van der Waals surface area contributed by atoms with Crippen LogP contribution < -0.4 is 4.90 Å². The predicted octanol–water partition coefficient (Wildman–Crippen LogP) is 2.80. The predicted molar refractivity (Wildman–Crippen MR) is 81.3 cm³/mol. The zero-order chi connectivity index (χ0) is 14.1. The highest BCUT2D eigenvalue weighted by molar-refractivity contribution is 9.10. The molecule has 104 valence electrons. The van der Waals surface area contributed by atoms with Gasteiger partial charge in [-0.2, -0.15) is 0 Å². The van der Waals surface area contributed by atoms with Crippen LogP contribution in [-0.2, 0) is 0 Å². The lowest BCUT2D eigenvalue weighted by Crippen LogP contribution is -2.48. The molecular formula is C14H14BrN3O2. The molecule has 5 nitrogen and oxygen atoms in total. The summed E-state index contributed by atoms with van der Waals surface area (Å²) >= 11 is 3.49. The van der Waals surface area contributed by atoms with Crippen LogP contribution in [0.25, 0.3) is 10.9 Å². The van der Waals surface area contributed by atoms with Gasteiger partial charge in [-0.05, 0) is 24.3 Å². The van der Waals surface area contributed by atoms with E-state index >= 15 is 0 Å². The molecule has 20 heavy (non-hydrogen) atoms. The third-order valence-electron chi connectivity index (χ3n) is 3.57. The summed E-state index contributed by atoms with van der Waals surface area (Å²) in [7, 11) is 0. The molecule has 0 unspecified atom stereocenters. The van der Waals surface area contributed by atoms with Crippen molar-refractivity contribution < 1.29 is 9.90 Å². The van der Waals surface area contributed by atoms with E-state index in [1.54, 1.807) is 6.20 Å². The topological polar surface area (TPSA) is 56.7 Å². The third kappa shape index (κ3) is 2.43. The van der Waals surface area contributed by atoms with Crippen LogP contribution in [0.15, 0.2) is 34.9 Å². The average molecular weight is 336 g/mol. The van der Waals surface area contributed by atoms with Crippen LogP contribution in [0.5, 0.6) is 0 Å². The highest BCUT2D eigenvalue weighted by Gasteiger charge is 2.21. The molecule has 0 bridgehead atoms. The summed E-state index contributed by atoms with van der Waals surface area (Å²) in [6.45, 7) is 2.48. The van der Waals surface area contributed by atoms with E-state index in [4.69, 9.17) is 5.11 Å². The molecule has 1 aromatic heterocycles. The van der Waals surface area contributed by atoms with Gasteiger partial charge in [-0.15, -0.1) is 0 Å². The van der Waals surface area contributed by atoms with Crippen LogP contribution in [-0.4, -0.2) is 47.3 Å². The molecule has 1 aromatic carbocycles. The van der Waals surface area contributed by atoms with Gasteiger partial charge in [-0.3, -0.25) is 4.98 Å². The minimum absolute atomic E-state index is 0.535. The number of pyridine rings is 1. The fourth-order valence-electron chi connectivity index (χ4n) is 2.52. The smallest absolute Gasteiger partial charge is 0.407 e. The summed E-state index contributed by atoms with van der Waals surface area (Å²) in [5.74, 6) is 0. The number of halogens is 1. The Bertz CT molecular complexity index is 654. The van der Waals surface area contributed by atoms with Crippen LogP contribution in [0.3, 0.4) is 0 Å². The van der Waals surface area contributed by atoms with Gasteiger partial charge in [-0.25, -0.2) is 4.79 Å². The number of amides is 1. The van der Waals surface area contributed by atoms with E-state index in [0.29, 0.717) is 26.2 Å².